The predicted octanol–water partition coefficient (Wildman–Crippen LogP) is 0.886. The number of nitrogens with one attached hydrogen (secondary N) is 1. The second-order valence-electron chi connectivity index (χ2n) is 5.19. The molecule has 2 saturated heterocycles. The van der Waals surface area contributed by atoms with E-state index < -0.39 is 4.92 Å². The van der Waals surface area contributed by atoms with Crippen LogP contribution in [0.15, 0.2) is 24.3 Å². The van der Waals surface area contributed by atoms with E-state index in [1.165, 1.54) is 24.3 Å². The second kappa shape index (κ2) is 4.62. The third-order valence-corrected chi connectivity index (χ3v) is 4.00. The molecular formula is C13H15N3O3. The smallest absolute Gasteiger partial charge is 0.269 e. The summed E-state index contributed by atoms with van der Waals surface area (Å²) >= 11 is 0. The van der Waals surface area contributed by atoms with Gasteiger partial charge in [-0.1, -0.05) is 0 Å². The van der Waals surface area contributed by atoms with Crippen LogP contribution in [0.4, 0.5) is 5.69 Å². The average molecular weight is 261 g/mol. The van der Waals surface area contributed by atoms with E-state index >= 15 is 0 Å². The molecule has 0 aromatic heterocycles. The van der Waals surface area contributed by atoms with Crippen LogP contribution in [0.3, 0.4) is 0 Å². The highest BCUT2D eigenvalue weighted by molar-refractivity contribution is 5.94. The number of carbonyl (C=O) groups excluding carboxylic acids is 1. The van der Waals surface area contributed by atoms with Gasteiger partial charge in [-0.2, -0.15) is 0 Å². The number of rotatable bonds is 2. The summed E-state index contributed by atoms with van der Waals surface area (Å²) in [4.78, 5) is 24.3. The molecule has 6 nitrogen and oxygen atoms in total. The summed E-state index contributed by atoms with van der Waals surface area (Å²) in [6.45, 7) is 3.53. The highest BCUT2D eigenvalue weighted by Gasteiger charge is 2.38. The largest absolute Gasteiger partial charge is 0.338 e. The monoisotopic (exact) mass is 261 g/mol. The Morgan fingerprint density at radius 1 is 1.21 bits per heavy atom. The van der Waals surface area contributed by atoms with E-state index in [9.17, 15) is 14.9 Å². The molecule has 2 aliphatic heterocycles. The van der Waals surface area contributed by atoms with Gasteiger partial charge in [0.2, 0.25) is 0 Å². The van der Waals surface area contributed by atoms with Crippen molar-refractivity contribution >= 4 is 11.6 Å². The molecule has 2 atom stereocenters. The van der Waals surface area contributed by atoms with E-state index in [1.807, 2.05) is 4.90 Å². The molecule has 19 heavy (non-hydrogen) atoms. The Morgan fingerprint density at radius 2 is 1.79 bits per heavy atom. The van der Waals surface area contributed by atoms with Crippen LogP contribution < -0.4 is 5.32 Å². The van der Waals surface area contributed by atoms with Gasteiger partial charge in [0.05, 0.1) is 4.92 Å². The molecule has 0 bridgehead atoms. The van der Waals surface area contributed by atoms with Crippen LogP contribution in [0.5, 0.6) is 0 Å². The molecule has 0 aliphatic carbocycles. The van der Waals surface area contributed by atoms with Crippen molar-refractivity contribution < 1.29 is 9.72 Å². The lowest BCUT2D eigenvalue weighted by Gasteiger charge is -2.17. The molecule has 3 rings (SSSR count). The van der Waals surface area contributed by atoms with Crippen LogP contribution in [0, 0.1) is 22.0 Å². The maximum absolute atomic E-state index is 12.3. The van der Waals surface area contributed by atoms with Crippen molar-refractivity contribution in [2.45, 2.75) is 0 Å². The van der Waals surface area contributed by atoms with Gasteiger partial charge in [0.25, 0.3) is 11.6 Å². The molecule has 0 radical (unpaired) electrons. The quantitative estimate of drug-likeness (QED) is 0.633. The van der Waals surface area contributed by atoms with E-state index in [-0.39, 0.29) is 11.6 Å². The topological polar surface area (TPSA) is 75.5 Å². The third-order valence-electron chi connectivity index (χ3n) is 4.00. The number of likely N-dealkylation sites (tertiary alicyclic amines) is 1. The highest BCUT2D eigenvalue weighted by atomic mass is 16.6. The lowest BCUT2D eigenvalue weighted by molar-refractivity contribution is -0.384. The summed E-state index contributed by atoms with van der Waals surface area (Å²) in [6.07, 6.45) is 0. The van der Waals surface area contributed by atoms with Crippen LogP contribution >= 0.6 is 0 Å². The highest BCUT2D eigenvalue weighted by Crippen LogP contribution is 2.27. The number of non-ortho nitro benzene ring substituents is 1. The van der Waals surface area contributed by atoms with Gasteiger partial charge >= 0.3 is 0 Å². The molecule has 1 N–H and O–H groups in total. The number of hydrogen-bond donors (Lipinski definition) is 1. The summed E-state index contributed by atoms with van der Waals surface area (Å²) in [6, 6.07) is 5.83. The van der Waals surface area contributed by atoms with Gasteiger partial charge < -0.3 is 10.2 Å². The summed E-state index contributed by atoms with van der Waals surface area (Å²) in [5, 5.41) is 13.9. The molecule has 100 valence electrons. The summed E-state index contributed by atoms with van der Waals surface area (Å²) in [5.74, 6) is 1.09. The molecule has 0 saturated carbocycles. The lowest BCUT2D eigenvalue weighted by atomic mass is 10.0. The molecule has 2 heterocycles. The molecule has 1 aromatic rings. The van der Waals surface area contributed by atoms with Crippen LogP contribution in [0.25, 0.3) is 0 Å². The standard InChI is InChI=1S/C13H15N3O3/c17-13(9-1-3-12(4-2-9)16(18)19)15-7-10-5-14-6-11(10)8-15/h1-4,10-11,14H,5-8H2. The van der Waals surface area contributed by atoms with Crippen molar-refractivity contribution in [3.8, 4) is 0 Å². The molecule has 0 spiro atoms. The van der Waals surface area contributed by atoms with Crippen LogP contribution in [0.2, 0.25) is 0 Å². The number of carbonyl (C=O) groups is 1. The van der Waals surface area contributed by atoms with Gasteiger partial charge in [0, 0.05) is 43.9 Å². The van der Waals surface area contributed by atoms with E-state index in [1.54, 1.807) is 0 Å². The molecule has 2 fully saturated rings. The average Bonchev–Trinajstić information content (AvgIpc) is 2.98. The Kier molecular flexibility index (Phi) is 2.94. The molecule has 1 aromatic carbocycles. The maximum atomic E-state index is 12.3. The minimum absolute atomic E-state index is 0.0130. The lowest BCUT2D eigenvalue weighted by Crippen LogP contribution is -2.31. The fraction of sp³-hybridized carbons (Fsp3) is 0.462. The summed E-state index contributed by atoms with van der Waals surface area (Å²) in [5.41, 5.74) is 0.539. The van der Waals surface area contributed by atoms with Gasteiger partial charge in [0.1, 0.15) is 0 Å². The van der Waals surface area contributed by atoms with Crippen molar-refractivity contribution in [2.75, 3.05) is 26.2 Å². The van der Waals surface area contributed by atoms with E-state index in [0.29, 0.717) is 17.4 Å². The SMILES string of the molecule is O=C(c1ccc([N+](=O)[O-])cc1)N1CC2CNCC2C1. The van der Waals surface area contributed by atoms with Crippen LogP contribution in [0.1, 0.15) is 10.4 Å². The molecule has 2 unspecified atom stereocenters. The Labute approximate surface area is 110 Å². The number of fused-ring (bicyclic) bond motifs is 1. The van der Waals surface area contributed by atoms with Crippen molar-refractivity contribution in [3.05, 3.63) is 39.9 Å². The van der Waals surface area contributed by atoms with Gasteiger partial charge in [-0.3, -0.25) is 14.9 Å². The first-order valence-electron chi connectivity index (χ1n) is 6.39. The van der Waals surface area contributed by atoms with Crippen molar-refractivity contribution in [1.29, 1.82) is 0 Å². The molecule has 1 amide bonds. The van der Waals surface area contributed by atoms with E-state index in [0.717, 1.165) is 26.2 Å². The fourth-order valence-corrected chi connectivity index (χ4v) is 2.93. The molecular weight excluding hydrogens is 246 g/mol. The fourth-order valence-electron chi connectivity index (χ4n) is 2.93. The first-order valence-corrected chi connectivity index (χ1v) is 6.39. The first-order chi connectivity index (χ1) is 9.15. The van der Waals surface area contributed by atoms with Gasteiger partial charge in [-0.05, 0) is 24.0 Å². The second-order valence-corrected chi connectivity index (χ2v) is 5.19. The van der Waals surface area contributed by atoms with Gasteiger partial charge in [-0.15, -0.1) is 0 Å². The van der Waals surface area contributed by atoms with E-state index in [4.69, 9.17) is 0 Å². The van der Waals surface area contributed by atoms with Crippen LogP contribution in [-0.2, 0) is 0 Å². The maximum Gasteiger partial charge on any atom is 0.269 e. The summed E-state index contributed by atoms with van der Waals surface area (Å²) in [7, 11) is 0. The number of benzene rings is 1. The Morgan fingerprint density at radius 3 is 2.32 bits per heavy atom. The molecule has 2 aliphatic rings. The zero-order chi connectivity index (χ0) is 13.4. The Bertz CT molecular complexity index is 502. The summed E-state index contributed by atoms with van der Waals surface area (Å²) < 4.78 is 0. The predicted molar refractivity (Wildman–Crippen MR) is 68.8 cm³/mol. The first kappa shape index (κ1) is 12.1. The third kappa shape index (κ3) is 2.19. The van der Waals surface area contributed by atoms with Crippen molar-refractivity contribution in [2.24, 2.45) is 11.8 Å². The number of nitrogens with zero attached hydrogens (tertiary/aromatic N) is 2. The Hall–Kier alpha value is -1.95. The Balaban J connectivity index is 1.72. The molecule has 6 heteroatoms. The number of nitro groups is 1. The number of nitro benzene ring substituents is 1. The van der Waals surface area contributed by atoms with Crippen LogP contribution in [-0.4, -0.2) is 41.9 Å². The van der Waals surface area contributed by atoms with Gasteiger partial charge in [-0.25, -0.2) is 0 Å². The van der Waals surface area contributed by atoms with Crippen molar-refractivity contribution in [3.63, 3.8) is 0 Å². The zero-order valence-corrected chi connectivity index (χ0v) is 10.4. The van der Waals surface area contributed by atoms with E-state index in [2.05, 4.69) is 5.32 Å². The number of amides is 1. The zero-order valence-electron chi connectivity index (χ0n) is 10.4. The minimum atomic E-state index is -0.458. The van der Waals surface area contributed by atoms with Crippen molar-refractivity contribution in [1.82, 2.24) is 10.2 Å². The minimum Gasteiger partial charge on any atom is -0.338 e. The normalized spacial score (nSPS) is 25.4. The number of hydrogen-bond acceptors (Lipinski definition) is 4. The van der Waals surface area contributed by atoms with Gasteiger partial charge in [0.15, 0.2) is 0 Å².